The van der Waals surface area contributed by atoms with Crippen molar-refractivity contribution < 1.29 is 0 Å². The van der Waals surface area contributed by atoms with E-state index in [1.807, 2.05) is 4.68 Å². The minimum Gasteiger partial charge on any atom is -0.246 e. The maximum atomic E-state index is 8.76. The standard InChI is InChI=1S/C12H20N4/c1-8(2)10(5)16-12(9(3)4)11(6-7-13)14-15-16/h8-10H,6H2,1-5H3. The van der Waals surface area contributed by atoms with Gasteiger partial charge in [0.25, 0.3) is 0 Å². The molecule has 1 heterocycles. The second kappa shape index (κ2) is 5.11. The van der Waals surface area contributed by atoms with E-state index in [9.17, 15) is 0 Å². The van der Waals surface area contributed by atoms with Crippen molar-refractivity contribution in [2.75, 3.05) is 0 Å². The number of aromatic nitrogens is 3. The highest BCUT2D eigenvalue weighted by Gasteiger charge is 2.20. The Morgan fingerprint density at radius 3 is 2.31 bits per heavy atom. The molecule has 0 saturated heterocycles. The predicted molar refractivity (Wildman–Crippen MR) is 63.0 cm³/mol. The number of nitriles is 1. The highest BCUT2D eigenvalue weighted by atomic mass is 15.4. The third-order valence-electron chi connectivity index (χ3n) is 2.95. The maximum absolute atomic E-state index is 8.76. The van der Waals surface area contributed by atoms with Crippen LogP contribution in [0.4, 0.5) is 0 Å². The predicted octanol–water partition coefficient (Wildman–Crippen LogP) is 2.68. The van der Waals surface area contributed by atoms with E-state index in [0.717, 1.165) is 11.4 Å². The van der Waals surface area contributed by atoms with Gasteiger partial charge in [-0.1, -0.05) is 32.9 Å². The summed E-state index contributed by atoms with van der Waals surface area (Å²) in [6, 6.07) is 2.46. The molecule has 1 atom stereocenters. The molecule has 0 aliphatic heterocycles. The monoisotopic (exact) mass is 220 g/mol. The number of hydrogen-bond donors (Lipinski definition) is 0. The van der Waals surface area contributed by atoms with Gasteiger partial charge in [0.15, 0.2) is 0 Å². The molecule has 0 amide bonds. The van der Waals surface area contributed by atoms with E-state index in [2.05, 4.69) is 51.0 Å². The minimum atomic E-state index is 0.317. The fourth-order valence-electron chi connectivity index (χ4n) is 1.72. The topological polar surface area (TPSA) is 54.5 Å². The van der Waals surface area contributed by atoms with Crippen molar-refractivity contribution in [2.24, 2.45) is 5.92 Å². The molecule has 1 unspecified atom stereocenters. The van der Waals surface area contributed by atoms with Gasteiger partial charge in [0.05, 0.1) is 24.2 Å². The third-order valence-corrected chi connectivity index (χ3v) is 2.95. The van der Waals surface area contributed by atoms with Crippen molar-refractivity contribution in [3.63, 3.8) is 0 Å². The molecule has 16 heavy (non-hydrogen) atoms. The number of nitrogens with zero attached hydrogens (tertiary/aromatic N) is 4. The molecule has 0 aliphatic rings. The largest absolute Gasteiger partial charge is 0.246 e. The van der Waals surface area contributed by atoms with Gasteiger partial charge in [0.1, 0.15) is 5.69 Å². The molecule has 0 saturated carbocycles. The Morgan fingerprint density at radius 2 is 1.88 bits per heavy atom. The van der Waals surface area contributed by atoms with Crippen LogP contribution in [0.2, 0.25) is 0 Å². The smallest absolute Gasteiger partial charge is 0.100 e. The molecule has 0 aromatic carbocycles. The lowest BCUT2D eigenvalue weighted by Gasteiger charge is -2.20. The van der Waals surface area contributed by atoms with E-state index in [-0.39, 0.29) is 0 Å². The van der Waals surface area contributed by atoms with Crippen molar-refractivity contribution in [3.8, 4) is 6.07 Å². The van der Waals surface area contributed by atoms with E-state index >= 15 is 0 Å². The summed E-state index contributed by atoms with van der Waals surface area (Å²) in [6.07, 6.45) is 0.346. The molecule has 1 rings (SSSR count). The van der Waals surface area contributed by atoms with E-state index in [1.54, 1.807) is 0 Å². The van der Waals surface area contributed by atoms with E-state index in [1.165, 1.54) is 0 Å². The zero-order valence-electron chi connectivity index (χ0n) is 10.7. The molecule has 0 N–H and O–H groups in total. The van der Waals surface area contributed by atoms with Crippen LogP contribution in [0.15, 0.2) is 0 Å². The number of rotatable bonds is 4. The van der Waals surface area contributed by atoms with Crippen molar-refractivity contribution in [1.29, 1.82) is 5.26 Å². The van der Waals surface area contributed by atoms with Crippen LogP contribution < -0.4 is 0 Å². The molecular formula is C12H20N4. The fraction of sp³-hybridized carbons (Fsp3) is 0.750. The van der Waals surface area contributed by atoms with Gasteiger partial charge in [-0.2, -0.15) is 5.26 Å². The lowest BCUT2D eigenvalue weighted by Crippen LogP contribution is -2.17. The molecule has 4 nitrogen and oxygen atoms in total. The first kappa shape index (κ1) is 12.7. The molecule has 0 spiro atoms. The Balaban J connectivity index is 3.15. The summed E-state index contributed by atoms with van der Waals surface area (Å²) >= 11 is 0. The highest BCUT2D eigenvalue weighted by Crippen LogP contribution is 2.24. The molecule has 4 heteroatoms. The molecule has 88 valence electrons. The zero-order chi connectivity index (χ0) is 12.3. The number of hydrogen-bond acceptors (Lipinski definition) is 3. The summed E-state index contributed by atoms with van der Waals surface area (Å²) in [4.78, 5) is 0. The Labute approximate surface area is 97.3 Å². The van der Waals surface area contributed by atoms with Crippen LogP contribution in [0.1, 0.15) is 58.0 Å². The van der Waals surface area contributed by atoms with Crippen molar-refractivity contribution in [1.82, 2.24) is 15.0 Å². The second-order valence-electron chi connectivity index (χ2n) is 4.84. The first-order chi connectivity index (χ1) is 7.49. The Hall–Kier alpha value is -1.37. The molecule has 0 radical (unpaired) electrons. The Kier molecular flexibility index (Phi) is 4.05. The van der Waals surface area contributed by atoms with Gasteiger partial charge in [-0.05, 0) is 18.8 Å². The van der Waals surface area contributed by atoms with Crippen molar-refractivity contribution in [2.45, 2.75) is 53.0 Å². The van der Waals surface area contributed by atoms with E-state index in [4.69, 9.17) is 5.26 Å². The van der Waals surface area contributed by atoms with Crippen LogP contribution in [-0.2, 0) is 6.42 Å². The molecule has 0 aliphatic carbocycles. The first-order valence-corrected chi connectivity index (χ1v) is 5.79. The van der Waals surface area contributed by atoms with Gasteiger partial charge in [-0.25, -0.2) is 4.68 Å². The van der Waals surface area contributed by atoms with Gasteiger partial charge < -0.3 is 0 Å². The zero-order valence-corrected chi connectivity index (χ0v) is 10.7. The van der Waals surface area contributed by atoms with Gasteiger partial charge in [-0.3, -0.25) is 0 Å². The van der Waals surface area contributed by atoms with Gasteiger partial charge in [-0.15, -0.1) is 5.10 Å². The van der Waals surface area contributed by atoms with Crippen LogP contribution in [0, 0.1) is 17.2 Å². The Morgan fingerprint density at radius 1 is 1.25 bits per heavy atom. The summed E-state index contributed by atoms with van der Waals surface area (Å²) in [7, 11) is 0. The Bertz CT molecular complexity index is 384. The molecule has 1 aromatic heterocycles. The third kappa shape index (κ3) is 2.41. The first-order valence-electron chi connectivity index (χ1n) is 5.79. The van der Waals surface area contributed by atoms with Gasteiger partial charge >= 0.3 is 0 Å². The molecule has 0 fully saturated rings. The SMILES string of the molecule is CC(C)c1c(CC#N)nnn1C(C)C(C)C. The van der Waals surface area contributed by atoms with Gasteiger partial charge in [0.2, 0.25) is 0 Å². The van der Waals surface area contributed by atoms with Crippen molar-refractivity contribution >= 4 is 0 Å². The molecule has 1 aromatic rings. The van der Waals surface area contributed by atoms with Gasteiger partial charge in [0, 0.05) is 0 Å². The summed E-state index contributed by atoms with van der Waals surface area (Å²) in [5, 5.41) is 17.1. The summed E-state index contributed by atoms with van der Waals surface area (Å²) < 4.78 is 1.97. The lowest BCUT2D eigenvalue weighted by atomic mass is 10.0. The quantitative estimate of drug-likeness (QED) is 0.784. The summed E-state index contributed by atoms with van der Waals surface area (Å²) in [5.41, 5.74) is 1.92. The maximum Gasteiger partial charge on any atom is 0.100 e. The van der Waals surface area contributed by atoms with E-state index < -0.39 is 0 Å². The lowest BCUT2D eigenvalue weighted by molar-refractivity contribution is 0.354. The average molecular weight is 220 g/mol. The normalized spacial score (nSPS) is 13.1. The van der Waals surface area contributed by atoms with Crippen LogP contribution in [0.25, 0.3) is 0 Å². The average Bonchev–Trinajstić information content (AvgIpc) is 2.60. The second-order valence-corrected chi connectivity index (χ2v) is 4.84. The summed E-state index contributed by atoms with van der Waals surface area (Å²) in [6.45, 7) is 10.7. The van der Waals surface area contributed by atoms with Crippen molar-refractivity contribution in [3.05, 3.63) is 11.4 Å². The minimum absolute atomic E-state index is 0.317. The van der Waals surface area contributed by atoms with Crippen LogP contribution in [0.5, 0.6) is 0 Å². The fourth-order valence-corrected chi connectivity index (χ4v) is 1.72. The van der Waals surface area contributed by atoms with Crippen LogP contribution in [-0.4, -0.2) is 15.0 Å². The summed E-state index contributed by atoms with van der Waals surface area (Å²) in [5.74, 6) is 0.855. The highest BCUT2D eigenvalue weighted by molar-refractivity contribution is 5.18. The molecular weight excluding hydrogens is 200 g/mol. The molecule has 0 bridgehead atoms. The van der Waals surface area contributed by atoms with Crippen LogP contribution >= 0.6 is 0 Å². The van der Waals surface area contributed by atoms with E-state index in [0.29, 0.717) is 24.3 Å². The van der Waals surface area contributed by atoms with Crippen LogP contribution in [0.3, 0.4) is 0 Å².